The van der Waals surface area contributed by atoms with Crippen LogP contribution in [0.25, 0.3) is 11.5 Å². The second-order valence-electron chi connectivity index (χ2n) is 6.18. The van der Waals surface area contributed by atoms with Crippen LogP contribution in [0.2, 0.25) is 0 Å². The number of carbonyl (C=O) groups excluding carboxylic acids is 1. The largest absolute Gasteiger partial charge is 0.411 e. The minimum absolute atomic E-state index is 0.0102. The minimum Gasteiger partial charge on any atom is -0.411 e. The summed E-state index contributed by atoms with van der Waals surface area (Å²) in [5.74, 6) is -0.705. The predicted molar refractivity (Wildman–Crippen MR) is 105 cm³/mol. The SMILES string of the molecule is O=C(CCc1nc(CSc2nnc(-c3cccnc3)o2)no1)Nc1ccc(F)cc1F. The van der Waals surface area contributed by atoms with Gasteiger partial charge in [-0.05, 0) is 24.3 Å². The van der Waals surface area contributed by atoms with Crippen molar-refractivity contribution >= 4 is 23.4 Å². The lowest BCUT2D eigenvalue weighted by atomic mass is 10.2. The van der Waals surface area contributed by atoms with E-state index in [-0.39, 0.29) is 24.4 Å². The lowest BCUT2D eigenvalue weighted by molar-refractivity contribution is -0.116. The Morgan fingerprint density at radius 3 is 2.90 bits per heavy atom. The molecule has 4 rings (SSSR count). The Labute approximate surface area is 178 Å². The second kappa shape index (κ2) is 9.43. The van der Waals surface area contributed by atoms with Crippen LogP contribution in [0.1, 0.15) is 18.1 Å². The first-order valence-electron chi connectivity index (χ1n) is 9.00. The molecule has 3 heterocycles. The number of aromatic nitrogens is 5. The van der Waals surface area contributed by atoms with E-state index in [0.717, 1.165) is 12.1 Å². The molecule has 12 heteroatoms. The number of rotatable bonds is 8. The summed E-state index contributed by atoms with van der Waals surface area (Å²) >= 11 is 1.23. The van der Waals surface area contributed by atoms with Gasteiger partial charge in [-0.3, -0.25) is 9.78 Å². The van der Waals surface area contributed by atoms with Crippen molar-refractivity contribution in [3.8, 4) is 11.5 Å². The number of aryl methyl sites for hydroxylation is 1. The predicted octanol–water partition coefficient (Wildman–Crippen LogP) is 3.66. The van der Waals surface area contributed by atoms with Gasteiger partial charge in [0.25, 0.3) is 5.22 Å². The molecule has 3 aromatic heterocycles. The standard InChI is InChI=1S/C19H14F2N6O3S/c20-12-3-4-14(13(21)8-12)23-16(28)5-6-17-24-15(27-30-17)10-31-19-26-25-18(29-19)11-2-1-7-22-9-11/h1-4,7-9H,5-6,10H2,(H,23,28). The first-order chi connectivity index (χ1) is 15.1. The van der Waals surface area contributed by atoms with Crippen molar-refractivity contribution in [3.63, 3.8) is 0 Å². The van der Waals surface area contributed by atoms with Crippen LogP contribution in [0.4, 0.5) is 14.5 Å². The summed E-state index contributed by atoms with van der Waals surface area (Å²) in [7, 11) is 0. The zero-order chi connectivity index (χ0) is 21.6. The Balaban J connectivity index is 1.26. The monoisotopic (exact) mass is 444 g/mol. The Morgan fingerprint density at radius 1 is 1.19 bits per heavy atom. The van der Waals surface area contributed by atoms with Gasteiger partial charge >= 0.3 is 0 Å². The summed E-state index contributed by atoms with van der Waals surface area (Å²) in [6.07, 6.45) is 3.42. The number of benzene rings is 1. The third kappa shape index (κ3) is 5.48. The van der Waals surface area contributed by atoms with Gasteiger partial charge in [0.2, 0.25) is 17.7 Å². The molecule has 0 unspecified atom stereocenters. The molecule has 0 bridgehead atoms. The van der Waals surface area contributed by atoms with Crippen LogP contribution in [0.15, 0.2) is 56.9 Å². The first kappa shape index (κ1) is 20.6. The molecule has 1 N–H and O–H groups in total. The molecule has 0 fully saturated rings. The fourth-order valence-corrected chi connectivity index (χ4v) is 3.08. The van der Waals surface area contributed by atoms with Crippen molar-refractivity contribution in [1.82, 2.24) is 25.3 Å². The molecule has 158 valence electrons. The van der Waals surface area contributed by atoms with Crippen molar-refractivity contribution in [2.75, 3.05) is 5.32 Å². The molecular formula is C19H14F2N6O3S. The second-order valence-corrected chi connectivity index (χ2v) is 7.11. The van der Waals surface area contributed by atoms with Crippen molar-refractivity contribution in [1.29, 1.82) is 0 Å². The first-order valence-corrected chi connectivity index (χ1v) is 9.98. The fraction of sp³-hybridized carbons (Fsp3) is 0.158. The highest BCUT2D eigenvalue weighted by Crippen LogP contribution is 2.24. The number of hydrogen-bond donors (Lipinski definition) is 1. The van der Waals surface area contributed by atoms with E-state index in [2.05, 4.69) is 30.6 Å². The van der Waals surface area contributed by atoms with Crippen LogP contribution >= 0.6 is 11.8 Å². The summed E-state index contributed by atoms with van der Waals surface area (Å²) in [5, 5.41) is 14.5. The Kier molecular flexibility index (Phi) is 6.26. The van der Waals surface area contributed by atoms with Crippen molar-refractivity contribution in [2.45, 2.75) is 23.8 Å². The lowest BCUT2D eigenvalue weighted by Crippen LogP contribution is -2.13. The van der Waals surface area contributed by atoms with Gasteiger partial charge < -0.3 is 14.3 Å². The van der Waals surface area contributed by atoms with E-state index < -0.39 is 17.5 Å². The number of nitrogens with one attached hydrogen (secondary N) is 1. The zero-order valence-electron chi connectivity index (χ0n) is 15.8. The molecule has 0 aliphatic carbocycles. The normalized spacial score (nSPS) is 10.9. The van der Waals surface area contributed by atoms with Crippen LogP contribution in [0.3, 0.4) is 0 Å². The summed E-state index contributed by atoms with van der Waals surface area (Å²) in [6, 6.07) is 6.48. The van der Waals surface area contributed by atoms with Gasteiger partial charge in [-0.2, -0.15) is 4.98 Å². The number of pyridine rings is 1. The number of thioether (sulfide) groups is 1. The van der Waals surface area contributed by atoms with Crippen molar-refractivity contribution in [2.24, 2.45) is 0 Å². The molecule has 1 amide bonds. The molecule has 4 aromatic rings. The molecule has 9 nitrogen and oxygen atoms in total. The van der Waals surface area contributed by atoms with Gasteiger partial charge in [0.15, 0.2) is 5.82 Å². The highest BCUT2D eigenvalue weighted by Gasteiger charge is 2.14. The van der Waals surface area contributed by atoms with Gasteiger partial charge in [-0.25, -0.2) is 8.78 Å². The highest BCUT2D eigenvalue weighted by atomic mass is 32.2. The molecule has 1 aromatic carbocycles. The van der Waals surface area contributed by atoms with Gasteiger partial charge in [0, 0.05) is 31.3 Å². The molecular weight excluding hydrogens is 430 g/mol. The van der Waals surface area contributed by atoms with Crippen molar-refractivity contribution < 1.29 is 22.5 Å². The van der Waals surface area contributed by atoms with Crippen LogP contribution in [0, 0.1) is 11.6 Å². The fourth-order valence-electron chi connectivity index (χ4n) is 2.47. The van der Waals surface area contributed by atoms with Crippen LogP contribution in [-0.2, 0) is 17.0 Å². The molecule has 0 saturated heterocycles. The smallest absolute Gasteiger partial charge is 0.277 e. The molecule has 0 saturated carbocycles. The maximum atomic E-state index is 13.6. The van der Waals surface area contributed by atoms with Gasteiger partial charge in [-0.1, -0.05) is 16.9 Å². The average Bonchev–Trinajstić information content (AvgIpc) is 3.43. The van der Waals surface area contributed by atoms with E-state index in [9.17, 15) is 13.6 Å². The molecule has 0 atom stereocenters. The highest BCUT2D eigenvalue weighted by molar-refractivity contribution is 7.98. The minimum atomic E-state index is -0.849. The van der Waals surface area contributed by atoms with Crippen LogP contribution in [-0.4, -0.2) is 31.2 Å². The summed E-state index contributed by atoms with van der Waals surface area (Å²) in [4.78, 5) is 20.2. The van der Waals surface area contributed by atoms with E-state index in [4.69, 9.17) is 8.94 Å². The number of nitrogens with zero attached hydrogens (tertiary/aromatic N) is 5. The zero-order valence-corrected chi connectivity index (χ0v) is 16.6. The number of amides is 1. The Bertz CT molecular complexity index is 1180. The number of anilines is 1. The van der Waals surface area contributed by atoms with Gasteiger partial charge in [0.1, 0.15) is 11.6 Å². The average molecular weight is 444 g/mol. The molecule has 0 aliphatic heterocycles. The maximum Gasteiger partial charge on any atom is 0.277 e. The Morgan fingerprint density at radius 2 is 2.10 bits per heavy atom. The number of hydrogen-bond acceptors (Lipinski definition) is 9. The number of carbonyl (C=O) groups is 1. The number of halogens is 2. The van der Waals surface area contributed by atoms with Gasteiger partial charge in [0.05, 0.1) is 17.0 Å². The van der Waals surface area contributed by atoms with Crippen molar-refractivity contribution in [3.05, 3.63) is 66.1 Å². The van der Waals surface area contributed by atoms with E-state index >= 15 is 0 Å². The molecule has 0 aliphatic rings. The van der Waals surface area contributed by atoms with Gasteiger partial charge in [-0.15, -0.1) is 10.2 Å². The maximum absolute atomic E-state index is 13.6. The van der Waals surface area contributed by atoms with E-state index in [1.54, 1.807) is 24.5 Å². The topological polar surface area (TPSA) is 120 Å². The molecule has 0 spiro atoms. The Hall–Kier alpha value is -3.67. The third-order valence-electron chi connectivity index (χ3n) is 3.92. The third-order valence-corrected chi connectivity index (χ3v) is 4.74. The van der Waals surface area contributed by atoms with Crippen LogP contribution < -0.4 is 5.32 Å². The lowest BCUT2D eigenvalue weighted by Gasteiger charge is -2.05. The molecule has 0 radical (unpaired) electrons. The van der Waals surface area contributed by atoms with Crippen LogP contribution in [0.5, 0.6) is 0 Å². The van der Waals surface area contributed by atoms with E-state index in [1.807, 2.05) is 0 Å². The quantitative estimate of drug-likeness (QED) is 0.406. The van der Waals surface area contributed by atoms with E-state index in [0.29, 0.717) is 34.3 Å². The van der Waals surface area contributed by atoms with E-state index in [1.165, 1.54) is 11.8 Å². The summed E-state index contributed by atoms with van der Waals surface area (Å²) in [6.45, 7) is 0. The summed E-state index contributed by atoms with van der Waals surface area (Å²) in [5.41, 5.74) is 0.613. The molecule has 31 heavy (non-hydrogen) atoms. The summed E-state index contributed by atoms with van der Waals surface area (Å²) < 4.78 is 37.2.